The molecule has 0 spiro atoms. The van der Waals surface area contributed by atoms with Crippen LogP contribution in [0.15, 0.2) is 30.3 Å². The van der Waals surface area contributed by atoms with E-state index in [0.29, 0.717) is 5.75 Å². The Balaban J connectivity index is 2.04. The normalized spacial score (nSPS) is 10.2. The van der Waals surface area contributed by atoms with Crippen molar-refractivity contribution in [3.63, 3.8) is 0 Å². The Bertz CT molecular complexity index is 313. The SMILES string of the molecule is CCCCCNC(=O)CSCc1ccccc1. The molecular weight excluding hydrogens is 230 g/mol. The highest BCUT2D eigenvalue weighted by molar-refractivity contribution is 7.99. The average molecular weight is 251 g/mol. The predicted octanol–water partition coefficient (Wildman–Crippen LogP) is 3.23. The smallest absolute Gasteiger partial charge is 0.230 e. The largest absolute Gasteiger partial charge is 0.355 e. The second kappa shape index (κ2) is 9.11. The van der Waals surface area contributed by atoms with Gasteiger partial charge < -0.3 is 5.32 Å². The lowest BCUT2D eigenvalue weighted by Gasteiger charge is -2.04. The van der Waals surface area contributed by atoms with E-state index in [0.717, 1.165) is 18.7 Å². The summed E-state index contributed by atoms with van der Waals surface area (Å²) in [5.41, 5.74) is 1.27. The van der Waals surface area contributed by atoms with Crippen LogP contribution in [-0.4, -0.2) is 18.2 Å². The first-order chi connectivity index (χ1) is 8.33. The van der Waals surface area contributed by atoms with Crippen molar-refractivity contribution in [2.75, 3.05) is 12.3 Å². The van der Waals surface area contributed by atoms with Gasteiger partial charge in [-0.1, -0.05) is 50.1 Å². The molecule has 1 N–H and O–H groups in total. The van der Waals surface area contributed by atoms with Crippen molar-refractivity contribution in [3.05, 3.63) is 35.9 Å². The lowest BCUT2D eigenvalue weighted by atomic mass is 10.2. The highest BCUT2D eigenvalue weighted by Crippen LogP contribution is 2.10. The van der Waals surface area contributed by atoms with Crippen LogP contribution in [0.1, 0.15) is 31.7 Å². The van der Waals surface area contributed by atoms with Crippen molar-refractivity contribution in [2.24, 2.45) is 0 Å². The van der Waals surface area contributed by atoms with Gasteiger partial charge in [0.05, 0.1) is 5.75 Å². The second-order valence-corrected chi connectivity index (χ2v) is 5.02. The molecule has 17 heavy (non-hydrogen) atoms. The zero-order valence-electron chi connectivity index (χ0n) is 10.4. The Hall–Kier alpha value is -0.960. The number of benzene rings is 1. The Labute approximate surface area is 108 Å². The van der Waals surface area contributed by atoms with E-state index < -0.39 is 0 Å². The van der Waals surface area contributed by atoms with Gasteiger partial charge in [-0.2, -0.15) is 0 Å². The Morgan fingerprint density at radius 2 is 2.00 bits per heavy atom. The molecule has 0 aliphatic heterocycles. The average Bonchev–Trinajstić information content (AvgIpc) is 2.36. The topological polar surface area (TPSA) is 29.1 Å². The number of thioether (sulfide) groups is 1. The van der Waals surface area contributed by atoms with Crippen LogP contribution in [0.2, 0.25) is 0 Å². The van der Waals surface area contributed by atoms with Gasteiger partial charge in [-0.25, -0.2) is 0 Å². The maximum absolute atomic E-state index is 11.5. The summed E-state index contributed by atoms with van der Waals surface area (Å²) < 4.78 is 0. The molecule has 2 nitrogen and oxygen atoms in total. The minimum atomic E-state index is 0.155. The number of carbonyl (C=O) groups excluding carboxylic acids is 1. The molecule has 1 aromatic rings. The number of carbonyl (C=O) groups is 1. The first kappa shape index (κ1) is 14.1. The number of nitrogens with one attached hydrogen (secondary N) is 1. The molecule has 0 unspecified atom stereocenters. The molecule has 0 bridgehead atoms. The summed E-state index contributed by atoms with van der Waals surface area (Å²) >= 11 is 1.67. The van der Waals surface area contributed by atoms with Crippen LogP contribution in [0, 0.1) is 0 Å². The van der Waals surface area contributed by atoms with Gasteiger partial charge >= 0.3 is 0 Å². The van der Waals surface area contributed by atoms with Crippen molar-refractivity contribution in [1.82, 2.24) is 5.32 Å². The van der Waals surface area contributed by atoms with Crippen LogP contribution in [0.25, 0.3) is 0 Å². The van der Waals surface area contributed by atoms with Gasteiger partial charge in [-0.05, 0) is 12.0 Å². The monoisotopic (exact) mass is 251 g/mol. The fraction of sp³-hybridized carbons (Fsp3) is 0.500. The summed E-state index contributed by atoms with van der Waals surface area (Å²) in [6.07, 6.45) is 3.47. The molecule has 0 saturated heterocycles. The molecule has 0 radical (unpaired) electrons. The second-order valence-electron chi connectivity index (χ2n) is 4.04. The van der Waals surface area contributed by atoms with Crippen LogP contribution in [0.5, 0.6) is 0 Å². The zero-order valence-corrected chi connectivity index (χ0v) is 11.3. The molecule has 1 rings (SSSR count). The summed E-state index contributed by atoms with van der Waals surface area (Å²) in [5, 5.41) is 2.94. The van der Waals surface area contributed by atoms with Crippen molar-refractivity contribution in [1.29, 1.82) is 0 Å². The maximum atomic E-state index is 11.5. The molecular formula is C14H21NOS. The van der Waals surface area contributed by atoms with Gasteiger partial charge in [0, 0.05) is 12.3 Å². The molecule has 0 aliphatic rings. The first-order valence-electron chi connectivity index (χ1n) is 6.21. The van der Waals surface area contributed by atoms with Crippen LogP contribution >= 0.6 is 11.8 Å². The standard InChI is InChI=1S/C14H21NOS/c1-2-3-7-10-15-14(16)12-17-11-13-8-5-4-6-9-13/h4-6,8-9H,2-3,7,10-12H2,1H3,(H,15,16). The van der Waals surface area contributed by atoms with Crippen molar-refractivity contribution in [2.45, 2.75) is 31.9 Å². The van der Waals surface area contributed by atoms with E-state index in [1.165, 1.54) is 18.4 Å². The highest BCUT2D eigenvalue weighted by atomic mass is 32.2. The molecule has 0 atom stereocenters. The van der Waals surface area contributed by atoms with Gasteiger partial charge in [-0.3, -0.25) is 4.79 Å². The molecule has 0 aliphatic carbocycles. The van der Waals surface area contributed by atoms with E-state index in [1.807, 2.05) is 18.2 Å². The lowest BCUT2D eigenvalue weighted by molar-refractivity contribution is -0.118. The summed E-state index contributed by atoms with van der Waals surface area (Å²) in [6, 6.07) is 10.2. The quantitative estimate of drug-likeness (QED) is 0.719. The van der Waals surface area contributed by atoms with E-state index in [4.69, 9.17) is 0 Å². The molecule has 94 valence electrons. The molecule has 0 heterocycles. The third kappa shape index (κ3) is 7.05. The van der Waals surface area contributed by atoms with Crippen LogP contribution in [-0.2, 0) is 10.5 Å². The highest BCUT2D eigenvalue weighted by Gasteiger charge is 2.00. The Morgan fingerprint density at radius 1 is 1.24 bits per heavy atom. The minimum absolute atomic E-state index is 0.155. The molecule has 0 aromatic heterocycles. The van der Waals surface area contributed by atoms with E-state index >= 15 is 0 Å². The van der Waals surface area contributed by atoms with E-state index in [2.05, 4.69) is 24.4 Å². The molecule has 0 saturated carbocycles. The Kier molecular flexibility index (Phi) is 7.56. The molecule has 0 fully saturated rings. The number of rotatable bonds is 8. The van der Waals surface area contributed by atoms with E-state index in [1.54, 1.807) is 11.8 Å². The molecule has 3 heteroatoms. The van der Waals surface area contributed by atoms with Gasteiger partial charge in [0.15, 0.2) is 0 Å². The predicted molar refractivity (Wildman–Crippen MR) is 75.1 cm³/mol. The number of amides is 1. The minimum Gasteiger partial charge on any atom is -0.355 e. The van der Waals surface area contributed by atoms with Crippen LogP contribution < -0.4 is 5.32 Å². The fourth-order valence-electron chi connectivity index (χ4n) is 1.49. The van der Waals surface area contributed by atoms with Crippen molar-refractivity contribution >= 4 is 17.7 Å². The van der Waals surface area contributed by atoms with Gasteiger partial charge in [0.2, 0.25) is 5.91 Å². The van der Waals surface area contributed by atoms with Crippen molar-refractivity contribution < 1.29 is 4.79 Å². The molecule has 1 amide bonds. The zero-order chi connectivity index (χ0) is 12.3. The van der Waals surface area contributed by atoms with Crippen LogP contribution in [0.3, 0.4) is 0 Å². The summed E-state index contributed by atoms with van der Waals surface area (Å²) in [6.45, 7) is 2.98. The van der Waals surface area contributed by atoms with Gasteiger partial charge in [-0.15, -0.1) is 11.8 Å². The lowest BCUT2D eigenvalue weighted by Crippen LogP contribution is -2.26. The van der Waals surface area contributed by atoms with Gasteiger partial charge in [0.25, 0.3) is 0 Å². The Morgan fingerprint density at radius 3 is 2.71 bits per heavy atom. The van der Waals surface area contributed by atoms with E-state index in [9.17, 15) is 4.79 Å². The first-order valence-corrected chi connectivity index (χ1v) is 7.36. The third-order valence-corrected chi connectivity index (χ3v) is 3.45. The fourth-order valence-corrected chi connectivity index (χ4v) is 2.31. The maximum Gasteiger partial charge on any atom is 0.230 e. The van der Waals surface area contributed by atoms with Crippen LogP contribution in [0.4, 0.5) is 0 Å². The summed E-state index contributed by atoms with van der Waals surface area (Å²) in [4.78, 5) is 11.5. The number of hydrogen-bond acceptors (Lipinski definition) is 2. The number of unbranched alkanes of at least 4 members (excludes halogenated alkanes) is 2. The summed E-state index contributed by atoms with van der Waals surface area (Å²) in [5.74, 6) is 1.62. The van der Waals surface area contributed by atoms with Crippen molar-refractivity contribution in [3.8, 4) is 0 Å². The van der Waals surface area contributed by atoms with Gasteiger partial charge in [0.1, 0.15) is 0 Å². The van der Waals surface area contributed by atoms with E-state index in [-0.39, 0.29) is 5.91 Å². The third-order valence-electron chi connectivity index (χ3n) is 2.45. The summed E-state index contributed by atoms with van der Waals surface area (Å²) in [7, 11) is 0. The molecule has 1 aromatic carbocycles. The number of hydrogen-bond donors (Lipinski definition) is 1.